The molecule has 1 amide bonds. The molecule has 1 aromatic heterocycles. The van der Waals surface area contributed by atoms with Gasteiger partial charge in [-0.05, 0) is 42.8 Å². The lowest BCUT2D eigenvalue weighted by Gasteiger charge is -2.10. The summed E-state index contributed by atoms with van der Waals surface area (Å²) in [4.78, 5) is 16.2. The number of hydrogen-bond acceptors (Lipinski definition) is 5. The Morgan fingerprint density at radius 2 is 1.83 bits per heavy atom. The van der Waals surface area contributed by atoms with E-state index in [2.05, 4.69) is 15.6 Å². The molecule has 7 heteroatoms. The van der Waals surface area contributed by atoms with Crippen LogP contribution >= 0.6 is 0 Å². The number of sulfone groups is 1. The summed E-state index contributed by atoms with van der Waals surface area (Å²) in [6.45, 7) is 2.99. The maximum absolute atomic E-state index is 12.0. The molecule has 0 bridgehead atoms. The molecule has 2 aromatic rings. The summed E-state index contributed by atoms with van der Waals surface area (Å²) in [5.41, 5.74) is 2.44. The highest BCUT2D eigenvalue weighted by Crippen LogP contribution is 2.11. The highest BCUT2D eigenvalue weighted by Gasteiger charge is 2.09. The molecule has 0 aliphatic heterocycles. The number of carbonyl (C=O) groups excluding carboxylic acids is 1. The fraction of sp³-hybridized carbons (Fsp3) is 0.250. The lowest BCUT2D eigenvalue weighted by molar-refractivity contribution is 0.0955. The Bertz CT molecular complexity index is 786. The van der Waals surface area contributed by atoms with E-state index in [1.54, 1.807) is 12.4 Å². The molecule has 6 nitrogen and oxygen atoms in total. The van der Waals surface area contributed by atoms with Crippen LogP contribution in [0.3, 0.4) is 0 Å². The highest BCUT2D eigenvalue weighted by atomic mass is 32.2. The normalized spacial score (nSPS) is 11.0. The molecule has 23 heavy (non-hydrogen) atoms. The molecule has 0 radical (unpaired) electrons. The van der Waals surface area contributed by atoms with Crippen molar-refractivity contribution in [2.24, 2.45) is 0 Å². The van der Waals surface area contributed by atoms with Gasteiger partial charge in [-0.2, -0.15) is 0 Å². The Hall–Kier alpha value is -2.41. The van der Waals surface area contributed by atoms with Gasteiger partial charge >= 0.3 is 0 Å². The first-order valence-corrected chi connectivity index (χ1v) is 9.00. The summed E-state index contributed by atoms with van der Waals surface area (Å²) in [5, 5.41) is 6.00. The second kappa shape index (κ2) is 7.23. The summed E-state index contributed by atoms with van der Waals surface area (Å²) < 4.78 is 22.7. The predicted molar refractivity (Wildman–Crippen MR) is 89.3 cm³/mol. The average molecular weight is 333 g/mol. The molecule has 1 aromatic carbocycles. The van der Waals surface area contributed by atoms with Crippen LogP contribution < -0.4 is 10.6 Å². The molecule has 0 saturated carbocycles. The second-order valence-electron chi connectivity index (χ2n) is 5.17. The molecular formula is C16H19N3O3S. The number of nitrogens with one attached hydrogen (secondary N) is 2. The van der Waals surface area contributed by atoms with Crippen molar-refractivity contribution in [1.29, 1.82) is 0 Å². The zero-order chi connectivity index (χ0) is 16.9. The van der Waals surface area contributed by atoms with E-state index < -0.39 is 9.84 Å². The van der Waals surface area contributed by atoms with E-state index in [1.165, 1.54) is 24.3 Å². The molecule has 0 unspecified atom stereocenters. The molecule has 2 N–H and O–H groups in total. The predicted octanol–water partition coefficient (Wildman–Crippen LogP) is 1.64. The van der Waals surface area contributed by atoms with Crippen LogP contribution in [0.1, 0.15) is 15.9 Å². The van der Waals surface area contributed by atoms with Gasteiger partial charge in [0.1, 0.15) is 0 Å². The smallest absolute Gasteiger partial charge is 0.251 e. The quantitative estimate of drug-likeness (QED) is 0.785. The van der Waals surface area contributed by atoms with Crippen LogP contribution in [0.25, 0.3) is 0 Å². The number of aryl methyl sites for hydroxylation is 1. The van der Waals surface area contributed by atoms with Crippen LogP contribution in [0.15, 0.2) is 47.6 Å². The SMILES string of the molecule is Cc1cnccc1NCCNC(=O)c1ccc(S(C)(=O)=O)cc1. The first kappa shape index (κ1) is 17.0. The number of carbonyl (C=O) groups is 1. The monoisotopic (exact) mass is 333 g/mol. The fourth-order valence-corrected chi connectivity index (χ4v) is 2.63. The van der Waals surface area contributed by atoms with E-state index >= 15 is 0 Å². The number of nitrogens with zero attached hydrogens (tertiary/aromatic N) is 1. The maximum Gasteiger partial charge on any atom is 0.251 e. The Kier molecular flexibility index (Phi) is 5.33. The number of rotatable bonds is 6. The van der Waals surface area contributed by atoms with Crippen LogP contribution in [0.4, 0.5) is 5.69 Å². The molecule has 0 fully saturated rings. The van der Waals surface area contributed by atoms with Crippen molar-refractivity contribution in [3.63, 3.8) is 0 Å². The maximum atomic E-state index is 12.0. The van der Waals surface area contributed by atoms with Gasteiger partial charge in [-0.1, -0.05) is 0 Å². The van der Waals surface area contributed by atoms with Gasteiger partial charge < -0.3 is 10.6 Å². The Morgan fingerprint density at radius 3 is 2.43 bits per heavy atom. The summed E-state index contributed by atoms with van der Waals surface area (Å²) >= 11 is 0. The van der Waals surface area contributed by atoms with E-state index in [4.69, 9.17) is 0 Å². The number of amides is 1. The Balaban J connectivity index is 1.84. The molecule has 122 valence electrons. The van der Waals surface area contributed by atoms with Gasteiger partial charge in [0.15, 0.2) is 9.84 Å². The van der Waals surface area contributed by atoms with Gasteiger partial charge in [0.05, 0.1) is 4.90 Å². The van der Waals surface area contributed by atoms with Gasteiger partial charge in [0.2, 0.25) is 0 Å². The Labute approximate surface area is 135 Å². The zero-order valence-corrected chi connectivity index (χ0v) is 13.9. The van der Waals surface area contributed by atoms with E-state index in [0.717, 1.165) is 17.5 Å². The lowest BCUT2D eigenvalue weighted by atomic mass is 10.2. The van der Waals surface area contributed by atoms with Crippen molar-refractivity contribution in [3.8, 4) is 0 Å². The van der Waals surface area contributed by atoms with Crippen LogP contribution in [0, 0.1) is 6.92 Å². The van der Waals surface area contributed by atoms with Crippen molar-refractivity contribution in [3.05, 3.63) is 53.9 Å². The molecule has 0 atom stereocenters. The average Bonchev–Trinajstić information content (AvgIpc) is 2.52. The van der Waals surface area contributed by atoms with E-state index in [-0.39, 0.29) is 10.8 Å². The minimum Gasteiger partial charge on any atom is -0.383 e. The van der Waals surface area contributed by atoms with Gasteiger partial charge in [-0.25, -0.2) is 8.42 Å². The van der Waals surface area contributed by atoms with Gasteiger partial charge in [-0.3, -0.25) is 9.78 Å². The minimum atomic E-state index is -3.25. The summed E-state index contributed by atoms with van der Waals surface area (Å²) in [5.74, 6) is -0.238. The summed E-state index contributed by atoms with van der Waals surface area (Å²) in [7, 11) is -3.25. The Morgan fingerprint density at radius 1 is 1.13 bits per heavy atom. The molecule has 2 rings (SSSR count). The lowest BCUT2D eigenvalue weighted by Crippen LogP contribution is -2.28. The minimum absolute atomic E-state index is 0.198. The number of aromatic nitrogens is 1. The fourth-order valence-electron chi connectivity index (χ4n) is 2.00. The first-order valence-electron chi connectivity index (χ1n) is 7.11. The van der Waals surface area contributed by atoms with Crippen molar-refractivity contribution < 1.29 is 13.2 Å². The molecule has 0 aliphatic carbocycles. The third-order valence-corrected chi connectivity index (χ3v) is 4.42. The standard InChI is InChI=1S/C16H19N3O3S/c1-12-11-17-8-7-15(12)18-9-10-19-16(20)13-3-5-14(6-4-13)23(2,21)22/h3-8,11H,9-10H2,1-2H3,(H,17,18)(H,19,20). The first-order chi connectivity index (χ1) is 10.9. The molecule has 0 saturated heterocycles. The number of pyridine rings is 1. The molecule has 0 aliphatic rings. The van der Waals surface area contributed by atoms with Gasteiger partial charge in [0, 0.05) is 43.0 Å². The zero-order valence-electron chi connectivity index (χ0n) is 13.0. The van der Waals surface area contributed by atoms with Crippen molar-refractivity contribution in [1.82, 2.24) is 10.3 Å². The second-order valence-corrected chi connectivity index (χ2v) is 7.19. The van der Waals surface area contributed by atoms with Crippen LogP contribution in [-0.2, 0) is 9.84 Å². The van der Waals surface area contributed by atoms with Gasteiger partial charge in [-0.15, -0.1) is 0 Å². The van der Waals surface area contributed by atoms with Crippen molar-refractivity contribution in [2.75, 3.05) is 24.7 Å². The summed E-state index contributed by atoms with van der Waals surface area (Å²) in [6, 6.07) is 7.75. The number of hydrogen-bond donors (Lipinski definition) is 2. The number of benzene rings is 1. The molecular weight excluding hydrogens is 314 g/mol. The van der Waals surface area contributed by atoms with Crippen molar-refractivity contribution >= 4 is 21.4 Å². The van der Waals surface area contributed by atoms with Crippen molar-refractivity contribution in [2.45, 2.75) is 11.8 Å². The van der Waals surface area contributed by atoms with Crippen LogP contribution in [0.2, 0.25) is 0 Å². The third kappa shape index (κ3) is 4.79. The van der Waals surface area contributed by atoms with Crippen LogP contribution in [-0.4, -0.2) is 38.7 Å². The van der Waals surface area contributed by atoms with E-state index in [9.17, 15) is 13.2 Å². The largest absolute Gasteiger partial charge is 0.383 e. The van der Waals surface area contributed by atoms with Crippen LogP contribution in [0.5, 0.6) is 0 Å². The number of anilines is 1. The van der Waals surface area contributed by atoms with Gasteiger partial charge in [0.25, 0.3) is 5.91 Å². The van der Waals surface area contributed by atoms with E-state index in [1.807, 2.05) is 13.0 Å². The topological polar surface area (TPSA) is 88.2 Å². The summed E-state index contributed by atoms with van der Waals surface area (Å²) in [6.07, 6.45) is 4.61. The molecule has 1 heterocycles. The van der Waals surface area contributed by atoms with E-state index in [0.29, 0.717) is 18.7 Å². The molecule has 0 spiro atoms. The third-order valence-electron chi connectivity index (χ3n) is 3.29. The highest BCUT2D eigenvalue weighted by molar-refractivity contribution is 7.90.